The molecule has 0 bridgehead atoms. The number of alkyl halides is 1. The first-order chi connectivity index (χ1) is 10.0. The Hall–Kier alpha value is -0.340. The molecule has 1 atom stereocenters. The van der Waals surface area contributed by atoms with Gasteiger partial charge >= 0.3 is 0 Å². The Labute approximate surface area is 140 Å². The standard InChI is InChI=1S/C19H32BrN/c1-16(2)10-12-21(13-11-17(3)4)15-19(14-20)18-8-6-5-7-9-18/h5-9,16-17,19H,10-15H2,1-4H3. The summed E-state index contributed by atoms with van der Waals surface area (Å²) in [6.45, 7) is 12.9. The van der Waals surface area contributed by atoms with Crippen molar-refractivity contribution in [3.63, 3.8) is 0 Å². The SMILES string of the molecule is CC(C)CCN(CCC(C)C)CC(CBr)c1ccccc1. The van der Waals surface area contributed by atoms with E-state index in [0.717, 1.165) is 23.7 Å². The molecule has 0 fully saturated rings. The van der Waals surface area contributed by atoms with E-state index < -0.39 is 0 Å². The molecule has 0 aliphatic heterocycles. The molecule has 0 aromatic heterocycles. The van der Waals surface area contributed by atoms with Crippen molar-refractivity contribution in [1.82, 2.24) is 4.90 Å². The van der Waals surface area contributed by atoms with E-state index in [9.17, 15) is 0 Å². The van der Waals surface area contributed by atoms with E-state index in [4.69, 9.17) is 0 Å². The third-order valence-electron chi connectivity index (χ3n) is 3.98. The average molecular weight is 354 g/mol. The van der Waals surface area contributed by atoms with Crippen LogP contribution in [0.25, 0.3) is 0 Å². The molecule has 0 amide bonds. The largest absolute Gasteiger partial charge is 0.303 e. The van der Waals surface area contributed by atoms with Gasteiger partial charge in [-0.15, -0.1) is 0 Å². The predicted molar refractivity (Wildman–Crippen MR) is 98.3 cm³/mol. The minimum absolute atomic E-state index is 0.588. The van der Waals surface area contributed by atoms with E-state index in [2.05, 4.69) is 78.9 Å². The van der Waals surface area contributed by atoms with Crippen molar-refractivity contribution in [2.24, 2.45) is 11.8 Å². The molecular weight excluding hydrogens is 322 g/mol. The lowest BCUT2D eigenvalue weighted by molar-refractivity contribution is 0.234. The van der Waals surface area contributed by atoms with Crippen LogP contribution in [0.4, 0.5) is 0 Å². The fraction of sp³-hybridized carbons (Fsp3) is 0.684. The lowest BCUT2D eigenvalue weighted by Crippen LogP contribution is -2.32. The maximum absolute atomic E-state index is 3.71. The van der Waals surface area contributed by atoms with Gasteiger partial charge in [-0.1, -0.05) is 74.0 Å². The molecule has 0 aliphatic carbocycles. The second-order valence-corrected chi connectivity index (χ2v) is 7.58. The summed E-state index contributed by atoms with van der Waals surface area (Å²) < 4.78 is 0. The lowest BCUT2D eigenvalue weighted by atomic mass is 9.99. The fourth-order valence-corrected chi connectivity index (χ4v) is 3.03. The van der Waals surface area contributed by atoms with Gasteiger partial charge in [0.15, 0.2) is 0 Å². The minimum atomic E-state index is 0.588. The number of hydrogen-bond donors (Lipinski definition) is 0. The van der Waals surface area contributed by atoms with E-state index >= 15 is 0 Å². The van der Waals surface area contributed by atoms with Crippen LogP contribution in [0.3, 0.4) is 0 Å². The molecule has 120 valence electrons. The Morgan fingerprint density at radius 2 is 1.43 bits per heavy atom. The molecule has 1 aromatic rings. The Morgan fingerprint density at radius 1 is 0.905 bits per heavy atom. The normalized spacial score (nSPS) is 13.3. The summed E-state index contributed by atoms with van der Waals surface area (Å²) in [4.78, 5) is 2.67. The van der Waals surface area contributed by atoms with E-state index in [1.807, 2.05) is 0 Å². The van der Waals surface area contributed by atoms with Crippen molar-refractivity contribution in [1.29, 1.82) is 0 Å². The Balaban J connectivity index is 2.63. The predicted octanol–water partition coefficient (Wildman–Crippen LogP) is 5.56. The molecule has 1 unspecified atom stereocenters. The van der Waals surface area contributed by atoms with Gasteiger partial charge in [-0.2, -0.15) is 0 Å². The first kappa shape index (κ1) is 18.7. The van der Waals surface area contributed by atoms with Gasteiger partial charge < -0.3 is 4.90 Å². The van der Waals surface area contributed by atoms with E-state index in [0.29, 0.717) is 5.92 Å². The third kappa shape index (κ3) is 8.01. The zero-order chi connectivity index (χ0) is 15.7. The zero-order valence-corrected chi connectivity index (χ0v) is 15.8. The summed E-state index contributed by atoms with van der Waals surface area (Å²) in [5.41, 5.74) is 1.45. The molecule has 1 nitrogen and oxygen atoms in total. The quantitative estimate of drug-likeness (QED) is 0.497. The topological polar surface area (TPSA) is 3.24 Å². The van der Waals surface area contributed by atoms with Crippen molar-refractivity contribution in [2.75, 3.05) is 25.0 Å². The number of halogens is 1. The second-order valence-electron chi connectivity index (χ2n) is 6.93. The molecular formula is C19H32BrN. The summed E-state index contributed by atoms with van der Waals surface area (Å²) in [5.74, 6) is 2.15. The van der Waals surface area contributed by atoms with Crippen molar-refractivity contribution < 1.29 is 0 Å². The van der Waals surface area contributed by atoms with Gasteiger partial charge in [0.25, 0.3) is 0 Å². The summed E-state index contributed by atoms with van der Waals surface area (Å²) in [6.07, 6.45) is 2.59. The molecule has 2 heteroatoms. The van der Waals surface area contributed by atoms with Crippen LogP contribution in [0.2, 0.25) is 0 Å². The molecule has 0 saturated heterocycles. The van der Waals surface area contributed by atoms with Crippen LogP contribution in [0.5, 0.6) is 0 Å². The third-order valence-corrected chi connectivity index (χ3v) is 4.76. The van der Waals surface area contributed by atoms with E-state index in [-0.39, 0.29) is 0 Å². The van der Waals surface area contributed by atoms with Crippen LogP contribution in [-0.2, 0) is 0 Å². The Bertz CT molecular complexity index is 349. The minimum Gasteiger partial charge on any atom is -0.303 e. The van der Waals surface area contributed by atoms with Gasteiger partial charge in [0.2, 0.25) is 0 Å². The van der Waals surface area contributed by atoms with Crippen molar-refractivity contribution in [2.45, 2.75) is 46.5 Å². The Morgan fingerprint density at radius 3 is 1.86 bits per heavy atom. The maximum Gasteiger partial charge on any atom is 0.0112 e. The van der Waals surface area contributed by atoms with Gasteiger partial charge in [-0.05, 0) is 43.3 Å². The summed E-state index contributed by atoms with van der Waals surface area (Å²) in [5, 5.41) is 1.04. The zero-order valence-electron chi connectivity index (χ0n) is 14.2. The molecule has 1 aromatic carbocycles. The summed E-state index contributed by atoms with van der Waals surface area (Å²) >= 11 is 3.71. The van der Waals surface area contributed by atoms with Crippen molar-refractivity contribution >= 4 is 15.9 Å². The molecule has 0 spiro atoms. The first-order valence-corrected chi connectivity index (χ1v) is 9.48. The molecule has 0 radical (unpaired) electrons. The molecule has 0 heterocycles. The Kier molecular flexibility index (Phi) is 9.26. The molecule has 21 heavy (non-hydrogen) atoms. The summed E-state index contributed by atoms with van der Waals surface area (Å²) in [6, 6.07) is 10.9. The van der Waals surface area contributed by atoms with Crippen LogP contribution in [-0.4, -0.2) is 29.9 Å². The molecule has 0 N–H and O–H groups in total. The van der Waals surface area contributed by atoms with Gasteiger partial charge in [0.1, 0.15) is 0 Å². The van der Waals surface area contributed by atoms with Crippen LogP contribution in [0.15, 0.2) is 30.3 Å². The maximum atomic E-state index is 3.71. The lowest BCUT2D eigenvalue weighted by Gasteiger charge is -2.28. The molecule has 0 aliphatic rings. The first-order valence-electron chi connectivity index (χ1n) is 8.36. The highest BCUT2D eigenvalue weighted by Gasteiger charge is 2.15. The number of benzene rings is 1. The smallest absolute Gasteiger partial charge is 0.0112 e. The van der Waals surface area contributed by atoms with E-state index in [1.54, 1.807) is 0 Å². The fourth-order valence-electron chi connectivity index (χ4n) is 2.46. The average Bonchev–Trinajstić information content (AvgIpc) is 2.47. The number of nitrogens with zero attached hydrogens (tertiary/aromatic N) is 1. The van der Waals surface area contributed by atoms with Gasteiger partial charge in [-0.3, -0.25) is 0 Å². The van der Waals surface area contributed by atoms with Gasteiger partial charge in [-0.25, -0.2) is 0 Å². The van der Waals surface area contributed by atoms with Crippen LogP contribution in [0, 0.1) is 11.8 Å². The molecule has 1 rings (SSSR count). The second kappa shape index (κ2) is 10.4. The highest BCUT2D eigenvalue weighted by atomic mass is 79.9. The van der Waals surface area contributed by atoms with Crippen LogP contribution < -0.4 is 0 Å². The number of rotatable bonds is 10. The summed E-state index contributed by atoms with van der Waals surface area (Å²) in [7, 11) is 0. The monoisotopic (exact) mass is 353 g/mol. The van der Waals surface area contributed by atoms with Crippen LogP contribution in [0.1, 0.15) is 52.0 Å². The van der Waals surface area contributed by atoms with E-state index in [1.165, 1.54) is 31.5 Å². The molecule has 0 saturated carbocycles. The van der Waals surface area contributed by atoms with Crippen molar-refractivity contribution in [3.8, 4) is 0 Å². The van der Waals surface area contributed by atoms with Gasteiger partial charge in [0, 0.05) is 17.8 Å². The van der Waals surface area contributed by atoms with Crippen LogP contribution >= 0.6 is 15.9 Å². The number of hydrogen-bond acceptors (Lipinski definition) is 1. The highest BCUT2D eigenvalue weighted by molar-refractivity contribution is 9.09. The van der Waals surface area contributed by atoms with Crippen molar-refractivity contribution in [3.05, 3.63) is 35.9 Å². The van der Waals surface area contributed by atoms with Gasteiger partial charge in [0.05, 0.1) is 0 Å². The highest BCUT2D eigenvalue weighted by Crippen LogP contribution is 2.20.